The highest BCUT2D eigenvalue weighted by molar-refractivity contribution is 5.81. The summed E-state index contributed by atoms with van der Waals surface area (Å²) in [6.07, 6.45) is 2.63. The lowest BCUT2D eigenvalue weighted by molar-refractivity contribution is 0.145. The van der Waals surface area contributed by atoms with Gasteiger partial charge in [0.15, 0.2) is 11.2 Å². The number of carbonyl (C=O) groups is 1. The monoisotopic (exact) mass is 383 g/mol. The molecule has 1 aliphatic heterocycles. The molecule has 0 aromatic carbocycles. The van der Waals surface area contributed by atoms with Crippen LogP contribution in [0.25, 0.3) is 22.6 Å². The molecule has 1 saturated heterocycles. The maximum absolute atomic E-state index is 11.1. The number of imidazole rings is 1. The molecule has 4 heterocycles. The number of amides is 1. The predicted octanol–water partition coefficient (Wildman–Crippen LogP) is 1.62. The molecule has 0 aliphatic carbocycles. The van der Waals surface area contributed by atoms with Crippen LogP contribution in [-0.2, 0) is 7.05 Å². The molecule has 3 aromatic rings. The maximum atomic E-state index is 11.1. The molecule has 1 atom stereocenters. The normalized spacial score (nSPS) is 16.5. The van der Waals surface area contributed by atoms with E-state index in [0.717, 1.165) is 11.4 Å². The van der Waals surface area contributed by atoms with Gasteiger partial charge >= 0.3 is 6.09 Å². The first-order valence-corrected chi connectivity index (χ1v) is 8.89. The molecule has 146 valence electrons. The van der Waals surface area contributed by atoms with Crippen molar-refractivity contribution in [1.82, 2.24) is 29.4 Å². The van der Waals surface area contributed by atoms with Crippen LogP contribution in [0.3, 0.4) is 0 Å². The second-order valence-corrected chi connectivity index (χ2v) is 6.90. The molecular formula is C18H21N7O3. The molecule has 1 N–H and O–H groups in total. The number of carboxylic acid groups (broad SMARTS) is 1. The molecule has 0 saturated carbocycles. The lowest BCUT2D eigenvalue weighted by Crippen LogP contribution is -2.29. The van der Waals surface area contributed by atoms with Crippen LogP contribution in [0.5, 0.6) is 5.88 Å². The van der Waals surface area contributed by atoms with Crippen molar-refractivity contribution in [2.24, 2.45) is 7.05 Å². The quantitative estimate of drug-likeness (QED) is 0.724. The van der Waals surface area contributed by atoms with Crippen LogP contribution >= 0.6 is 0 Å². The fourth-order valence-electron chi connectivity index (χ4n) is 3.26. The SMILES string of the molecule is CN(C)c1ccc(-c2nc3c(O[C@H]4CCN(C(=O)O)C4)ncnc3n2C)cn1. The molecule has 0 unspecified atom stereocenters. The van der Waals surface area contributed by atoms with Gasteiger partial charge in [0.2, 0.25) is 5.88 Å². The fraction of sp³-hybridized carbons (Fsp3) is 0.389. The highest BCUT2D eigenvalue weighted by Crippen LogP contribution is 2.28. The van der Waals surface area contributed by atoms with Crippen molar-refractivity contribution in [2.75, 3.05) is 32.1 Å². The summed E-state index contributed by atoms with van der Waals surface area (Å²) >= 11 is 0. The molecule has 10 heteroatoms. The minimum atomic E-state index is -0.937. The van der Waals surface area contributed by atoms with Crippen LogP contribution < -0.4 is 9.64 Å². The van der Waals surface area contributed by atoms with Crippen LogP contribution in [0.1, 0.15) is 6.42 Å². The van der Waals surface area contributed by atoms with Crippen molar-refractivity contribution in [3.8, 4) is 17.3 Å². The number of aromatic nitrogens is 5. The number of fused-ring (bicyclic) bond motifs is 1. The number of rotatable bonds is 4. The Balaban J connectivity index is 1.65. The summed E-state index contributed by atoms with van der Waals surface area (Å²) in [6, 6.07) is 3.88. The van der Waals surface area contributed by atoms with Gasteiger partial charge in [-0.1, -0.05) is 0 Å². The van der Waals surface area contributed by atoms with Gasteiger partial charge in [0.05, 0.1) is 6.54 Å². The number of hydrogen-bond donors (Lipinski definition) is 1. The Bertz CT molecular complexity index is 1020. The summed E-state index contributed by atoms with van der Waals surface area (Å²) in [5, 5.41) is 9.11. The molecule has 0 bridgehead atoms. The summed E-state index contributed by atoms with van der Waals surface area (Å²) in [5.74, 6) is 1.93. The first-order chi connectivity index (χ1) is 13.4. The Morgan fingerprint density at radius 2 is 2.11 bits per heavy atom. The molecule has 10 nitrogen and oxygen atoms in total. The van der Waals surface area contributed by atoms with E-state index in [1.807, 2.05) is 42.7 Å². The first-order valence-electron chi connectivity index (χ1n) is 8.89. The Morgan fingerprint density at radius 1 is 1.29 bits per heavy atom. The van der Waals surface area contributed by atoms with Gasteiger partial charge in [0.1, 0.15) is 24.1 Å². The van der Waals surface area contributed by atoms with E-state index in [2.05, 4.69) is 19.9 Å². The van der Waals surface area contributed by atoms with Gasteiger partial charge in [-0.15, -0.1) is 0 Å². The zero-order valence-electron chi connectivity index (χ0n) is 15.9. The summed E-state index contributed by atoms with van der Waals surface area (Å²) in [5.41, 5.74) is 2.05. The van der Waals surface area contributed by atoms with Crippen LogP contribution in [0, 0.1) is 0 Å². The summed E-state index contributed by atoms with van der Waals surface area (Å²) in [4.78, 5) is 32.0. The number of hydrogen-bond acceptors (Lipinski definition) is 7. The van der Waals surface area contributed by atoms with Crippen LogP contribution in [0.15, 0.2) is 24.7 Å². The zero-order chi connectivity index (χ0) is 19.8. The van der Waals surface area contributed by atoms with Crippen molar-refractivity contribution < 1.29 is 14.6 Å². The number of ether oxygens (including phenoxy) is 1. The predicted molar refractivity (Wildman–Crippen MR) is 102 cm³/mol. The van der Waals surface area contributed by atoms with E-state index < -0.39 is 6.09 Å². The zero-order valence-corrected chi connectivity index (χ0v) is 15.9. The van der Waals surface area contributed by atoms with Crippen molar-refractivity contribution in [3.05, 3.63) is 24.7 Å². The number of aryl methyl sites for hydroxylation is 1. The average molecular weight is 383 g/mol. The van der Waals surface area contributed by atoms with Crippen LogP contribution in [0.2, 0.25) is 0 Å². The molecule has 1 aliphatic rings. The minimum absolute atomic E-state index is 0.249. The van der Waals surface area contributed by atoms with Gasteiger partial charge in [-0.25, -0.2) is 19.7 Å². The van der Waals surface area contributed by atoms with Crippen molar-refractivity contribution >= 4 is 23.1 Å². The third kappa shape index (κ3) is 3.17. The molecular weight excluding hydrogens is 362 g/mol. The Morgan fingerprint density at radius 3 is 2.75 bits per heavy atom. The fourth-order valence-corrected chi connectivity index (χ4v) is 3.26. The smallest absolute Gasteiger partial charge is 0.407 e. The van der Waals surface area contributed by atoms with Gasteiger partial charge < -0.3 is 24.2 Å². The lowest BCUT2D eigenvalue weighted by Gasteiger charge is -2.13. The number of pyridine rings is 1. The third-order valence-electron chi connectivity index (χ3n) is 4.78. The van der Waals surface area contributed by atoms with Crippen molar-refractivity contribution in [1.29, 1.82) is 0 Å². The minimum Gasteiger partial charge on any atom is -0.471 e. The topological polar surface area (TPSA) is 110 Å². The van der Waals surface area contributed by atoms with Gasteiger partial charge in [0, 0.05) is 45.9 Å². The van der Waals surface area contributed by atoms with E-state index in [1.54, 1.807) is 6.20 Å². The molecule has 28 heavy (non-hydrogen) atoms. The molecule has 1 amide bonds. The number of anilines is 1. The molecule has 0 radical (unpaired) electrons. The molecule has 1 fully saturated rings. The average Bonchev–Trinajstić information content (AvgIpc) is 3.28. The van der Waals surface area contributed by atoms with Gasteiger partial charge in [-0.2, -0.15) is 4.98 Å². The van der Waals surface area contributed by atoms with Gasteiger partial charge in [-0.05, 0) is 12.1 Å². The summed E-state index contributed by atoms with van der Waals surface area (Å²) < 4.78 is 7.84. The van der Waals surface area contributed by atoms with E-state index in [0.29, 0.717) is 42.4 Å². The maximum Gasteiger partial charge on any atom is 0.407 e. The molecule has 3 aromatic heterocycles. The highest BCUT2D eigenvalue weighted by atomic mass is 16.5. The van der Waals surface area contributed by atoms with Crippen molar-refractivity contribution in [2.45, 2.75) is 12.5 Å². The van der Waals surface area contributed by atoms with Crippen LogP contribution in [-0.4, -0.2) is 73.9 Å². The summed E-state index contributed by atoms with van der Waals surface area (Å²) in [7, 11) is 5.75. The van der Waals surface area contributed by atoms with E-state index >= 15 is 0 Å². The molecule has 0 spiro atoms. The van der Waals surface area contributed by atoms with Gasteiger partial charge in [0.25, 0.3) is 0 Å². The van der Waals surface area contributed by atoms with Crippen LogP contribution in [0.4, 0.5) is 10.6 Å². The van der Waals surface area contributed by atoms with E-state index in [-0.39, 0.29) is 6.10 Å². The van der Waals surface area contributed by atoms with E-state index in [9.17, 15) is 4.79 Å². The Labute approximate surface area is 161 Å². The van der Waals surface area contributed by atoms with E-state index in [4.69, 9.17) is 9.84 Å². The summed E-state index contributed by atoms with van der Waals surface area (Å²) in [6.45, 7) is 0.766. The lowest BCUT2D eigenvalue weighted by atomic mass is 10.2. The Kier molecular flexibility index (Phi) is 4.46. The van der Waals surface area contributed by atoms with Gasteiger partial charge in [-0.3, -0.25) is 0 Å². The van der Waals surface area contributed by atoms with Crippen molar-refractivity contribution in [3.63, 3.8) is 0 Å². The second kappa shape index (κ2) is 6.95. The largest absolute Gasteiger partial charge is 0.471 e. The number of likely N-dealkylation sites (tertiary alicyclic amines) is 1. The number of nitrogens with zero attached hydrogens (tertiary/aromatic N) is 7. The second-order valence-electron chi connectivity index (χ2n) is 6.90. The first kappa shape index (κ1) is 18.0. The van der Waals surface area contributed by atoms with E-state index in [1.165, 1.54) is 11.2 Å². The highest BCUT2D eigenvalue weighted by Gasteiger charge is 2.28. The molecule has 4 rings (SSSR count). The Hall–Kier alpha value is -3.43. The third-order valence-corrected chi connectivity index (χ3v) is 4.78. The standard InChI is InChI=1S/C18H21N7O3/c1-23(2)13-5-4-11(8-19-13)15-22-14-16(24(15)3)20-10-21-17(14)28-12-6-7-25(9-12)18(26)27/h4-5,8,10,12H,6-7,9H2,1-3H3,(H,26,27)/t12-/m0/s1.